The Morgan fingerprint density at radius 3 is 2.47 bits per heavy atom. The third kappa shape index (κ3) is 4.09. The van der Waals surface area contributed by atoms with Crippen molar-refractivity contribution < 1.29 is 19.4 Å². The summed E-state index contributed by atoms with van der Waals surface area (Å²) >= 11 is 0. The van der Waals surface area contributed by atoms with Gasteiger partial charge < -0.3 is 20.5 Å². The Balaban J connectivity index is 1.71. The predicted molar refractivity (Wildman–Crippen MR) is 68.9 cm³/mol. The maximum atomic E-state index is 11.6. The molecule has 0 unspecified atom stereocenters. The van der Waals surface area contributed by atoms with Gasteiger partial charge in [0, 0.05) is 26.3 Å². The van der Waals surface area contributed by atoms with E-state index in [0.717, 1.165) is 12.3 Å². The van der Waals surface area contributed by atoms with Crippen molar-refractivity contribution >= 4 is 12.0 Å². The van der Waals surface area contributed by atoms with E-state index in [9.17, 15) is 14.7 Å². The molecule has 0 aromatic carbocycles. The zero-order valence-corrected chi connectivity index (χ0v) is 11.1. The molecule has 0 aromatic heterocycles. The zero-order valence-electron chi connectivity index (χ0n) is 11.1. The first-order valence-electron chi connectivity index (χ1n) is 6.95. The van der Waals surface area contributed by atoms with Crippen molar-refractivity contribution in [1.82, 2.24) is 10.6 Å². The largest absolute Gasteiger partial charge is 0.481 e. The standard InChI is InChI=1S/C13H22N2O4/c16-11(17)13(4-7-19-8-5-13)9-15-12(18)14-6-3-10-1-2-10/h10H,1-9H2,(H,16,17)(H2,14,15,18). The molecule has 3 N–H and O–H groups in total. The number of aliphatic carboxylic acids is 1. The monoisotopic (exact) mass is 270 g/mol. The molecule has 2 rings (SSSR count). The highest BCUT2D eigenvalue weighted by molar-refractivity contribution is 5.78. The van der Waals surface area contributed by atoms with Crippen molar-refractivity contribution in [2.75, 3.05) is 26.3 Å². The van der Waals surface area contributed by atoms with Crippen molar-refractivity contribution in [2.24, 2.45) is 11.3 Å². The highest BCUT2D eigenvalue weighted by Crippen LogP contribution is 2.32. The predicted octanol–water partition coefficient (Wildman–Crippen LogP) is 0.967. The summed E-state index contributed by atoms with van der Waals surface area (Å²) in [5.41, 5.74) is -0.869. The van der Waals surface area contributed by atoms with E-state index in [0.29, 0.717) is 32.6 Å². The van der Waals surface area contributed by atoms with Crippen molar-refractivity contribution in [3.63, 3.8) is 0 Å². The van der Waals surface area contributed by atoms with E-state index >= 15 is 0 Å². The fraction of sp³-hybridized carbons (Fsp3) is 0.846. The van der Waals surface area contributed by atoms with E-state index in [1.165, 1.54) is 12.8 Å². The average molecular weight is 270 g/mol. The molecule has 1 heterocycles. The number of amides is 2. The van der Waals surface area contributed by atoms with Crippen LogP contribution >= 0.6 is 0 Å². The molecule has 6 nitrogen and oxygen atoms in total. The molecule has 1 saturated heterocycles. The number of carboxylic acid groups (broad SMARTS) is 1. The second kappa shape index (κ2) is 6.23. The summed E-state index contributed by atoms with van der Waals surface area (Å²) in [5.74, 6) is -0.0739. The SMILES string of the molecule is O=C(NCCC1CC1)NCC1(C(=O)O)CCOCC1. The number of carbonyl (C=O) groups excluding carboxylic acids is 1. The topological polar surface area (TPSA) is 87.7 Å². The first-order chi connectivity index (χ1) is 9.12. The number of nitrogens with one attached hydrogen (secondary N) is 2. The van der Waals surface area contributed by atoms with Gasteiger partial charge in [-0.05, 0) is 25.2 Å². The molecule has 1 aliphatic heterocycles. The first kappa shape index (κ1) is 14.1. The Labute approximate surface area is 112 Å². The molecule has 0 aromatic rings. The lowest BCUT2D eigenvalue weighted by molar-refractivity contribution is -0.154. The summed E-state index contributed by atoms with van der Waals surface area (Å²) in [6.45, 7) is 1.72. The van der Waals surface area contributed by atoms with E-state index in [1.54, 1.807) is 0 Å². The Morgan fingerprint density at radius 2 is 1.89 bits per heavy atom. The Kier molecular flexibility index (Phi) is 4.63. The van der Waals surface area contributed by atoms with E-state index in [-0.39, 0.29) is 12.6 Å². The van der Waals surface area contributed by atoms with Gasteiger partial charge in [-0.25, -0.2) is 4.79 Å². The number of hydrogen-bond donors (Lipinski definition) is 3. The van der Waals surface area contributed by atoms with E-state index in [1.807, 2.05) is 0 Å². The van der Waals surface area contributed by atoms with E-state index in [2.05, 4.69) is 10.6 Å². The number of carboxylic acids is 1. The van der Waals surface area contributed by atoms with Crippen LogP contribution in [-0.2, 0) is 9.53 Å². The molecule has 2 aliphatic rings. The average Bonchev–Trinajstić information content (AvgIpc) is 3.21. The van der Waals surface area contributed by atoms with Crippen LogP contribution in [0, 0.1) is 11.3 Å². The lowest BCUT2D eigenvalue weighted by Gasteiger charge is -2.33. The maximum absolute atomic E-state index is 11.6. The van der Waals surface area contributed by atoms with Crippen molar-refractivity contribution in [3.05, 3.63) is 0 Å². The minimum atomic E-state index is -0.869. The molecule has 1 aliphatic carbocycles. The molecule has 108 valence electrons. The molecule has 0 bridgehead atoms. The van der Waals surface area contributed by atoms with Gasteiger partial charge in [-0.2, -0.15) is 0 Å². The maximum Gasteiger partial charge on any atom is 0.314 e. The number of ether oxygens (including phenoxy) is 1. The Morgan fingerprint density at radius 1 is 1.21 bits per heavy atom. The summed E-state index contributed by atoms with van der Waals surface area (Å²) in [6, 6.07) is -0.271. The van der Waals surface area contributed by atoms with Crippen LogP contribution in [0.1, 0.15) is 32.1 Å². The van der Waals surface area contributed by atoms with Gasteiger partial charge in [0.05, 0.1) is 5.41 Å². The van der Waals surface area contributed by atoms with E-state index < -0.39 is 11.4 Å². The van der Waals surface area contributed by atoms with Crippen LogP contribution in [0.2, 0.25) is 0 Å². The molecule has 0 radical (unpaired) electrons. The van der Waals surface area contributed by atoms with Gasteiger partial charge in [0.1, 0.15) is 0 Å². The van der Waals surface area contributed by atoms with E-state index in [4.69, 9.17) is 4.74 Å². The summed E-state index contributed by atoms with van der Waals surface area (Å²) in [5, 5.41) is 14.8. The van der Waals surface area contributed by atoms with Gasteiger partial charge in [0.25, 0.3) is 0 Å². The number of carbonyl (C=O) groups is 2. The molecule has 2 fully saturated rings. The van der Waals surface area contributed by atoms with Crippen LogP contribution in [0.3, 0.4) is 0 Å². The van der Waals surface area contributed by atoms with Crippen LogP contribution in [-0.4, -0.2) is 43.4 Å². The first-order valence-corrected chi connectivity index (χ1v) is 6.95. The molecule has 0 spiro atoms. The van der Waals surface area contributed by atoms with Crippen LogP contribution in [0.25, 0.3) is 0 Å². The fourth-order valence-corrected chi connectivity index (χ4v) is 2.34. The van der Waals surface area contributed by atoms with Crippen LogP contribution in [0.4, 0.5) is 4.79 Å². The van der Waals surface area contributed by atoms with Gasteiger partial charge in [0.2, 0.25) is 0 Å². The zero-order chi connectivity index (χ0) is 13.7. The molecular formula is C13H22N2O4. The van der Waals surface area contributed by atoms with Gasteiger partial charge >= 0.3 is 12.0 Å². The smallest absolute Gasteiger partial charge is 0.314 e. The molecule has 0 atom stereocenters. The number of rotatable bonds is 6. The van der Waals surface area contributed by atoms with Gasteiger partial charge in [-0.3, -0.25) is 4.79 Å². The molecule has 6 heteroatoms. The quantitative estimate of drug-likeness (QED) is 0.671. The third-order valence-corrected chi connectivity index (χ3v) is 4.03. The third-order valence-electron chi connectivity index (χ3n) is 4.03. The van der Waals surface area contributed by atoms with Crippen molar-refractivity contribution in [2.45, 2.75) is 32.1 Å². The highest BCUT2D eigenvalue weighted by Gasteiger charge is 2.40. The Hall–Kier alpha value is -1.30. The lowest BCUT2D eigenvalue weighted by atomic mass is 9.80. The Bertz CT molecular complexity index is 336. The van der Waals surface area contributed by atoms with Gasteiger partial charge in [-0.1, -0.05) is 12.8 Å². The van der Waals surface area contributed by atoms with Crippen molar-refractivity contribution in [1.29, 1.82) is 0 Å². The summed E-state index contributed by atoms with van der Waals surface area (Å²) in [4.78, 5) is 23.0. The molecule has 19 heavy (non-hydrogen) atoms. The highest BCUT2D eigenvalue weighted by atomic mass is 16.5. The number of hydrogen-bond acceptors (Lipinski definition) is 3. The normalized spacial score (nSPS) is 21.7. The summed E-state index contributed by atoms with van der Waals surface area (Å²) in [6.07, 6.45) is 4.46. The van der Waals surface area contributed by atoms with Gasteiger partial charge in [0.15, 0.2) is 0 Å². The van der Waals surface area contributed by atoms with Crippen LogP contribution in [0.5, 0.6) is 0 Å². The molecule has 2 amide bonds. The second-order valence-corrected chi connectivity index (χ2v) is 5.54. The summed E-state index contributed by atoms with van der Waals surface area (Å²) in [7, 11) is 0. The van der Waals surface area contributed by atoms with Gasteiger partial charge in [-0.15, -0.1) is 0 Å². The lowest BCUT2D eigenvalue weighted by Crippen LogP contribution is -2.48. The van der Waals surface area contributed by atoms with Crippen LogP contribution < -0.4 is 10.6 Å². The molecule has 1 saturated carbocycles. The number of urea groups is 1. The summed E-state index contributed by atoms with van der Waals surface area (Å²) < 4.78 is 5.19. The second-order valence-electron chi connectivity index (χ2n) is 5.54. The molecular weight excluding hydrogens is 248 g/mol. The van der Waals surface area contributed by atoms with Crippen molar-refractivity contribution in [3.8, 4) is 0 Å². The fourth-order valence-electron chi connectivity index (χ4n) is 2.34. The minimum Gasteiger partial charge on any atom is -0.481 e. The minimum absolute atomic E-state index is 0.168. The van der Waals surface area contributed by atoms with Crippen LogP contribution in [0.15, 0.2) is 0 Å².